The fraction of sp³-hybridized carbons (Fsp3) is 0.333. The number of rotatable bonds is 5. The number of likely N-dealkylation sites (N-methyl/N-ethyl adjacent to an activating group) is 1. The smallest absolute Gasteiger partial charge is 0.243 e. The molecule has 0 spiro atoms. The Morgan fingerprint density at radius 1 is 1.43 bits per heavy atom. The maximum absolute atomic E-state index is 12.1. The van der Waals surface area contributed by atoms with Crippen molar-refractivity contribution in [2.45, 2.75) is 26.4 Å². The number of carbonyl (C=O) groups is 1. The van der Waals surface area contributed by atoms with Crippen molar-refractivity contribution in [3.8, 4) is 0 Å². The van der Waals surface area contributed by atoms with Crippen LogP contribution in [0.1, 0.15) is 18.2 Å². The van der Waals surface area contributed by atoms with Crippen LogP contribution >= 0.6 is 11.6 Å². The molecule has 1 N–H and O–H groups in total. The van der Waals surface area contributed by atoms with Crippen LogP contribution in [-0.4, -0.2) is 29.1 Å². The van der Waals surface area contributed by atoms with Gasteiger partial charge in [-0.05, 0) is 38.6 Å². The second-order valence-electron chi connectivity index (χ2n) is 5.04. The molecule has 0 unspecified atom stereocenters. The first kappa shape index (κ1) is 15.5. The minimum Gasteiger partial charge on any atom is -0.338 e. The predicted molar refractivity (Wildman–Crippen MR) is 82.3 cm³/mol. The zero-order valence-corrected chi connectivity index (χ0v) is 13.0. The number of nitrogens with zero attached hydrogens (tertiary/aromatic N) is 2. The van der Waals surface area contributed by atoms with Crippen molar-refractivity contribution >= 4 is 23.4 Å². The molecule has 0 saturated carbocycles. The van der Waals surface area contributed by atoms with Crippen LogP contribution in [0.4, 0.5) is 5.88 Å². The molecule has 0 bridgehead atoms. The van der Waals surface area contributed by atoms with Crippen LogP contribution in [0.3, 0.4) is 0 Å². The van der Waals surface area contributed by atoms with E-state index in [2.05, 4.69) is 10.5 Å². The summed E-state index contributed by atoms with van der Waals surface area (Å²) in [5.41, 5.74) is 1.82. The number of aromatic nitrogens is 1. The molecule has 2 aromatic rings. The number of amides is 1. The van der Waals surface area contributed by atoms with Crippen LogP contribution in [0.25, 0.3) is 0 Å². The fourth-order valence-corrected chi connectivity index (χ4v) is 1.99. The normalized spacial score (nSPS) is 12.4. The minimum atomic E-state index is -0.300. The van der Waals surface area contributed by atoms with Gasteiger partial charge in [-0.1, -0.05) is 28.9 Å². The van der Waals surface area contributed by atoms with E-state index in [4.69, 9.17) is 16.1 Å². The molecule has 0 aliphatic heterocycles. The highest BCUT2D eigenvalue weighted by Gasteiger charge is 2.19. The quantitative estimate of drug-likeness (QED) is 0.922. The van der Waals surface area contributed by atoms with Gasteiger partial charge < -0.3 is 4.52 Å². The van der Waals surface area contributed by atoms with Crippen molar-refractivity contribution < 1.29 is 9.32 Å². The van der Waals surface area contributed by atoms with E-state index in [0.29, 0.717) is 17.5 Å². The monoisotopic (exact) mass is 307 g/mol. The highest BCUT2D eigenvalue weighted by molar-refractivity contribution is 6.30. The van der Waals surface area contributed by atoms with Gasteiger partial charge in [-0.15, -0.1) is 0 Å². The molecule has 1 aromatic heterocycles. The number of aryl methyl sites for hydroxylation is 1. The summed E-state index contributed by atoms with van der Waals surface area (Å²) in [6, 6.07) is 8.96. The number of hydrogen-bond donors (Lipinski definition) is 1. The lowest BCUT2D eigenvalue weighted by atomic mass is 10.2. The summed E-state index contributed by atoms with van der Waals surface area (Å²) in [4.78, 5) is 14.1. The van der Waals surface area contributed by atoms with Crippen molar-refractivity contribution in [1.82, 2.24) is 10.1 Å². The van der Waals surface area contributed by atoms with E-state index in [1.54, 1.807) is 13.0 Å². The first-order valence-electron chi connectivity index (χ1n) is 6.64. The number of halogens is 1. The van der Waals surface area contributed by atoms with Crippen molar-refractivity contribution in [1.29, 1.82) is 0 Å². The van der Waals surface area contributed by atoms with Crippen LogP contribution < -0.4 is 5.32 Å². The molecule has 1 amide bonds. The third-order valence-electron chi connectivity index (χ3n) is 3.26. The molecule has 21 heavy (non-hydrogen) atoms. The molecule has 0 radical (unpaired) electrons. The van der Waals surface area contributed by atoms with Crippen LogP contribution in [0.2, 0.25) is 5.02 Å². The van der Waals surface area contributed by atoms with Gasteiger partial charge in [-0.2, -0.15) is 0 Å². The Bertz CT molecular complexity index is 610. The lowest BCUT2D eigenvalue weighted by Gasteiger charge is -2.23. The molecule has 1 aromatic carbocycles. The van der Waals surface area contributed by atoms with Crippen molar-refractivity contribution in [2.24, 2.45) is 0 Å². The third-order valence-corrected chi connectivity index (χ3v) is 3.51. The molecular formula is C15H18ClN3O2. The van der Waals surface area contributed by atoms with Gasteiger partial charge in [0.05, 0.1) is 11.7 Å². The fourth-order valence-electron chi connectivity index (χ4n) is 1.86. The summed E-state index contributed by atoms with van der Waals surface area (Å²) < 4.78 is 4.98. The Hall–Kier alpha value is -1.85. The maximum atomic E-state index is 12.1. The molecular weight excluding hydrogens is 290 g/mol. The largest absolute Gasteiger partial charge is 0.338 e. The third kappa shape index (κ3) is 4.31. The topological polar surface area (TPSA) is 58.4 Å². The minimum absolute atomic E-state index is 0.136. The number of hydrogen-bond acceptors (Lipinski definition) is 4. The van der Waals surface area contributed by atoms with Gasteiger partial charge in [-0.25, -0.2) is 0 Å². The Labute approximate surface area is 128 Å². The Morgan fingerprint density at radius 2 is 2.10 bits per heavy atom. The SMILES string of the molecule is Cc1cc(NC(=O)[C@H](C)N(C)Cc2ccc(Cl)cc2)on1. The van der Waals surface area contributed by atoms with Crippen molar-refractivity contribution in [2.75, 3.05) is 12.4 Å². The molecule has 5 nitrogen and oxygen atoms in total. The van der Waals surface area contributed by atoms with Gasteiger partial charge in [0.15, 0.2) is 0 Å². The number of nitrogens with one attached hydrogen (secondary N) is 1. The van der Waals surface area contributed by atoms with Gasteiger partial charge in [0.2, 0.25) is 11.8 Å². The van der Waals surface area contributed by atoms with E-state index in [-0.39, 0.29) is 11.9 Å². The standard InChI is InChI=1S/C15H18ClN3O2/c1-10-8-14(21-18-10)17-15(20)11(2)19(3)9-12-4-6-13(16)7-5-12/h4-8,11H,9H2,1-3H3,(H,17,20)/t11-/m0/s1. The molecule has 0 saturated heterocycles. The van der Waals surface area contributed by atoms with E-state index in [9.17, 15) is 4.79 Å². The molecule has 6 heteroatoms. The average Bonchev–Trinajstić information content (AvgIpc) is 2.85. The Balaban J connectivity index is 1.93. The van der Waals surface area contributed by atoms with Gasteiger partial charge in [0, 0.05) is 17.6 Å². The summed E-state index contributed by atoms with van der Waals surface area (Å²) in [7, 11) is 1.89. The molecule has 2 rings (SSSR count). The van der Waals surface area contributed by atoms with Crippen molar-refractivity contribution in [3.05, 3.63) is 46.6 Å². The number of carbonyl (C=O) groups excluding carboxylic acids is 1. The average molecular weight is 308 g/mol. The molecule has 112 valence electrons. The van der Waals surface area contributed by atoms with E-state index < -0.39 is 0 Å². The predicted octanol–water partition coefficient (Wildman–Crippen LogP) is 3.10. The molecule has 1 heterocycles. The Morgan fingerprint density at radius 3 is 2.67 bits per heavy atom. The van der Waals surface area contributed by atoms with Crippen molar-refractivity contribution in [3.63, 3.8) is 0 Å². The van der Waals surface area contributed by atoms with Gasteiger partial charge >= 0.3 is 0 Å². The summed E-state index contributed by atoms with van der Waals surface area (Å²) in [5.74, 6) is 0.229. The first-order chi connectivity index (χ1) is 9.95. The zero-order valence-electron chi connectivity index (χ0n) is 12.3. The van der Waals surface area contributed by atoms with E-state index in [0.717, 1.165) is 11.3 Å². The van der Waals surface area contributed by atoms with Gasteiger partial charge in [-0.3, -0.25) is 15.0 Å². The summed E-state index contributed by atoms with van der Waals surface area (Å²) >= 11 is 5.86. The lowest BCUT2D eigenvalue weighted by Crippen LogP contribution is -2.39. The van der Waals surface area contributed by atoms with Crippen LogP contribution in [0.5, 0.6) is 0 Å². The summed E-state index contributed by atoms with van der Waals surface area (Å²) in [6.45, 7) is 4.30. The molecule has 1 atom stereocenters. The number of benzene rings is 1. The van der Waals surface area contributed by atoms with Crippen LogP contribution in [0.15, 0.2) is 34.9 Å². The Kier molecular flexibility index (Phi) is 4.98. The molecule has 0 aliphatic carbocycles. The summed E-state index contributed by atoms with van der Waals surface area (Å²) in [6.07, 6.45) is 0. The highest BCUT2D eigenvalue weighted by atomic mass is 35.5. The van der Waals surface area contributed by atoms with Crippen LogP contribution in [-0.2, 0) is 11.3 Å². The van der Waals surface area contributed by atoms with Gasteiger partial charge in [0.1, 0.15) is 0 Å². The maximum Gasteiger partial charge on any atom is 0.243 e. The molecule has 0 aliphatic rings. The van der Waals surface area contributed by atoms with Crippen LogP contribution in [0, 0.1) is 6.92 Å². The van der Waals surface area contributed by atoms with E-state index in [1.165, 1.54) is 0 Å². The van der Waals surface area contributed by atoms with Gasteiger partial charge in [0.25, 0.3) is 0 Å². The highest BCUT2D eigenvalue weighted by Crippen LogP contribution is 2.13. The second kappa shape index (κ2) is 6.74. The lowest BCUT2D eigenvalue weighted by molar-refractivity contribution is -0.120. The van der Waals surface area contributed by atoms with E-state index in [1.807, 2.05) is 43.1 Å². The first-order valence-corrected chi connectivity index (χ1v) is 7.02. The zero-order chi connectivity index (χ0) is 15.4. The second-order valence-corrected chi connectivity index (χ2v) is 5.48. The van der Waals surface area contributed by atoms with E-state index >= 15 is 0 Å². The number of anilines is 1. The summed E-state index contributed by atoms with van der Waals surface area (Å²) in [5, 5.41) is 7.14. The molecule has 0 fully saturated rings.